The normalized spacial score (nSPS) is 19.2. The Morgan fingerprint density at radius 1 is 1.00 bits per heavy atom. The highest BCUT2D eigenvalue weighted by Crippen LogP contribution is 2.39. The number of sulfonamides is 1. The fourth-order valence-electron chi connectivity index (χ4n) is 4.11. The minimum absolute atomic E-state index is 0.107. The Hall–Kier alpha value is -2.38. The molecule has 0 spiro atoms. The largest absolute Gasteiger partial charge is 0.369 e. The average molecular weight is 414 g/mol. The lowest BCUT2D eigenvalue weighted by molar-refractivity contribution is -0.119. The highest BCUT2D eigenvalue weighted by molar-refractivity contribution is 7.89. The van der Waals surface area contributed by atoms with Gasteiger partial charge in [-0.25, -0.2) is 8.42 Å². The van der Waals surface area contributed by atoms with Gasteiger partial charge >= 0.3 is 0 Å². The molecule has 7 heteroatoms. The van der Waals surface area contributed by atoms with Crippen LogP contribution in [0.3, 0.4) is 0 Å². The second-order valence-corrected chi connectivity index (χ2v) is 10.3. The smallest absolute Gasteiger partial charge is 0.243 e. The number of hydrogen-bond donors (Lipinski definition) is 1. The van der Waals surface area contributed by atoms with Crippen molar-refractivity contribution < 1.29 is 13.2 Å². The number of amides is 1. The molecule has 2 heterocycles. The molecule has 29 heavy (non-hydrogen) atoms. The van der Waals surface area contributed by atoms with Crippen LogP contribution in [0, 0.1) is 13.8 Å². The monoisotopic (exact) mass is 413 g/mol. The van der Waals surface area contributed by atoms with Crippen molar-refractivity contribution in [1.82, 2.24) is 4.31 Å². The summed E-state index contributed by atoms with van der Waals surface area (Å²) in [5.41, 5.74) is 4.34. The summed E-state index contributed by atoms with van der Waals surface area (Å²) in [6, 6.07) is 11.2. The van der Waals surface area contributed by atoms with Gasteiger partial charge in [-0.15, -0.1) is 0 Å². The number of hydrogen-bond acceptors (Lipinski definition) is 4. The van der Waals surface area contributed by atoms with Gasteiger partial charge in [0.25, 0.3) is 0 Å². The molecule has 0 atom stereocenters. The zero-order valence-electron chi connectivity index (χ0n) is 17.3. The van der Waals surface area contributed by atoms with Gasteiger partial charge in [0.05, 0.1) is 10.3 Å². The molecule has 2 aromatic carbocycles. The molecule has 0 aromatic heterocycles. The third-order valence-corrected chi connectivity index (χ3v) is 8.17. The lowest BCUT2D eigenvalue weighted by Gasteiger charge is -2.36. The van der Waals surface area contributed by atoms with E-state index in [0.717, 1.165) is 5.56 Å². The number of nitrogens with one attached hydrogen (secondary N) is 1. The van der Waals surface area contributed by atoms with Crippen LogP contribution in [0.2, 0.25) is 0 Å². The Morgan fingerprint density at radius 3 is 2.38 bits per heavy atom. The SMILES string of the molecule is Cc1cccc(N2CCN(S(=O)(=O)c3ccc4c(c3)C(C)(C)C(=O)N4)CC2)c1C. The zero-order chi connectivity index (χ0) is 21.0. The van der Waals surface area contributed by atoms with E-state index in [2.05, 4.69) is 36.2 Å². The van der Waals surface area contributed by atoms with Crippen molar-refractivity contribution in [3.8, 4) is 0 Å². The molecule has 2 aromatic rings. The van der Waals surface area contributed by atoms with E-state index in [9.17, 15) is 13.2 Å². The number of anilines is 2. The summed E-state index contributed by atoms with van der Waals surface area (Å²) in [5.74, 6) is -0.107. The molecule has 0 aliphatic carbocycles. The van der Waals surface area contributed by atoms with E-state index < -0.39 is 15.4 Å². The number of rotatable bonds is 3. The maximum Gasteiger partial charge on any atom is 0.243 e. The molecule has 154 valence electrons. The van der Waals surface area contributed by atoms with E-state index in [1.165, 1.54) is 16.8 Å². The highest BCUT2D eigenvalue weighted by atomic mass is 32.2. The molecule has 0 radical (unpaired) electrons. The minimum Gasteiger partial charge on any atom is -0.369 e. The van der Waals surface area contributed by atoms with E-state index >= 15 is 0 Å². The summed E-state index contributed by atoms with van der Waals surface area (Å²) in [6.07, 6.45) is 0. The number of carbonyl (C=O) groups is 1. The summed E-state index contributed by atoms with van der Waals surface area (Å²) >= 11 is 0. The quantitative estimate of drug-likeness (QED) is 0.840. The number of fused-ring (bicyclic) bond motifs is 1. The van der Waals surface area contributed by atoms with Crippen LogP contribution < -0.4 is 10.2 Å². The second-order valence-electron chi connectivity index (χ2n) is 8.40. The summed E-state index contributed by atoms with van der Waals surface area (Å²) in [4.78, 5) is 14.7. The van der Waals surface area contributed by atoms with Gasteiger partial charge in [0.15, 0.2) is 0 Å². The topological polar surface area (TPSA) is 69.7 Å². The molecule has 6 nitrogen and oxygen atoms in total. The van der Waals surface area contributed by atoms with Crippen molar-refractivity contribution in [3.63, 3.8) is 0 Å². The van der Waals surface area contributed by atoms with Crippen molar-refractivity contribution in [1.29, 1.82) is 0 Å². The summed E-state index contributed by atoms with van der Waals surface area (Å²) < 4.78 is 28.0. The van der Waals surface area contributed by atoms with Crippen LogP contribution >= 0.6 is 0 Å². The lowest BCUT2D eigenvalue weighted by atomic mass is 9.86. The van der Waals surface area contributed by atoms with Gasteiger partial charge in [-0.1, -0.05) is 12.1 Å². The molecule has 0 saturated carbocycles. The molecule has 2 aliphatic rings. The maximum atomic E-state index is 13.2. The number of benzene rings is 2. The first kappa shape index (κ1) is 19.9. The van der Waals surface area contributed by atoms with Crippen molar-refractivity contribution in [3.05, 3.63) is 53.1 Å². The second kappa shape index (κ2) is 6.85. The van der Waals surface area contributed by atoms with Crippen LogP contribution in [0.15, 0.2) is 41.3 Å². The van der Waals surface area contributed by atoms with Gasteiger partial charge in [-0.2, -0.15) is 4.31 Å². The van der Waals surface area contributed by atoms with Crippen molar-refractivity contribution in [2.45, 2.75) is 38.0 Å². The summed E-state index contributed by atoms with van der Waals surface area (Å²) in [5, 5.41) is 2.83. The summed E-state index contributed by atoms with van der Waals surface area (Å²) in [6.45, 7) is 10.0. The molecule has 1 amide bonds. The Balaban J connectivity index is 1.55. The van der Waals surface area contributed by atoms with Crippen LogP contribution in [0.5, 0.6) is 0 Å². The first-order valence-corrected chi connectivity index (χ1v) is 11.3. The number of aryl methyl sites for hydroxylation is 1. The first-order valence-electron chi connectivity index (χ1n) is 9.89. The van der Waals surface area contributed by atoms with Gasteiger partial charge in [0.1, 0.15) is 0 Å². The van der Waals surface area contributed by atoms with Crippen LogP contribution in [0.4, 0.5) is 11.4 Å². The van der Waals surface area contributed by atoms with Gasteiger partial charge in [0.2, 0.25) is 15.9 Å². The molecule has 2 aliphatic heterocycles. The summed E-state index contributed by atoms with van der Waals surface area (Å²) in [7, 11) is -3.61. The highest BCUT2D eigenvalue weighted by Gasteiger charge is 2.39. The van der Waals surface area contributed by atoms with Crippen LogP contribution in [-0.4, -0.2) is 44.8 Å². The number of piperazine rings is 1. The third-order valence-electron chi connectivity index (χ3n) is 6.27. The van der Waals surface area contributed by atoms with Crippen LogP contribution in [0.1, 0.15) is 30.5 Å². The Morgan fingerprint density at radius 2 is 1.69 bits per heavy atom. The van der Waals surface area contributed by atoms with E-state index in [1.54, 1.807) is 22.5 Å². The molecule has 1 saturated heterocycles. The van der Waals surface area contributed by atoms with Crippen molar-refractivity contribution in [2.75, 3.05) is 36.4 Å². The van der Waals surface area contributed by atoms with Crippen LogP contribution in [0.25, 0.3) is 0 Å². The zero-order valence-corrected chi connectivity index (χ0v) is 18.1. The fourth-order valence-corrected chi connectivity index (χ4v) is 5.56. The predicted octanol–water partition coefficient (Wildman–Crippen LogP) is 3.04. The number of nitrogens with zero attached hydrogens (tertiary/aromatic N) is 2. The molecule has 4 rings (SSSR count). The van der Waals surface area contributed by atoms with Crippen molar-refractivity contribution >= 4 is 27.3 Å². The Labute approximate surface area is 172 Å². The first-order chi connectivity index (χ1) is 13.6. The molecule has 0 bridgehead atoms. The van der Waals surface area contributed by atoms with E-state index in [1.807, 2.05) is 19.9 Å². The average Bonchev–Trinajstić information content (AvgIpc) is 2.92. The predicted molar refractivity (Wildman–Crippen MR) is 115 cm³/mol. The Bertz CT molecular complexity index is 1080. The van der Waals surface area contributed by atoms with E-state index in [4.69, 9.17) is 0 Å². The van der Waals surface area contributed by atoms with E-state index in [0.29, 0.717) is 31.9 Å². The van der Waals surface area contributed by atoms with Crippen LogP contribution in [-0.2, 0) is 20.2 Å². The fraction of sp³-hybridized carbons (Fsp3) is 0.409. The lowest BCUT2D eigenvalue weighted by Crippen LogP contribution is -2.48. The van der Waals surface area contributed by atoms with E-state index in [-0.39, 0.29) is 10.8 Å². The van der Waals surface area contributed by atoms with Gasteiger partial charge in [-0.05, 0) is 68.7 Å². The Kier molecular flexibility index (Phi) is 4.70. The molecule has 0 unspecified atom stereocenters. The van der Waals surface area contributed by atoms with Gasteiger partial charge < -0.3 is 10.2 Å². The molecule has 1 fully saturated rings. The standard InChI is InChI=1S/C22H27N3O3S/c1-15-6-5-7-20(16(15)2)24-10-12-25(13-11-24)29(27,28)17-8-9-19-18(14-17)22(3,4)21(26)23-19/h5-9,14H,10-13H2,1-4H3,(H,23,26). The van der Waals surface area contributed by atoms with Gasteiger partial charge in [-0.3, -0.25) is 4.79 Å². The minimum atomic E-state index is -3.61. The third kappa shape index (κ3) is 3.22. The number of carbonyl (C=O) groups excluding carboxylic acids is 1. The maximum absolute atomic E-state index is 13.2. The molecule has 1 N–H and O–H groups in total. The molecular formula is C22H27N3O3S. The van der Waals surface area contributed by atoms with Gasteiger partial charge in [0, 0.05) is 37.6 Å². The van der Waals surface area contributed by atoms with Crippen molar-refractivity contribution in [2.24, 2.45) is 0 Å². The molecular weight excluding hydrogens is 386 g/mol.